The summed E-state index contributed by atoms with van der Waals surface area (Å²) < 4.78 is 17.3. The van der Waals surface area contributed by atoms with E-state index in [1.807, 2.05) is 6.08 Å². The Labute approximate surface area is 92.9 Å². The smallest absolute Gasteiger partial charge is 0.127 e. The lowest BCUT2D eigenvalue weighted by Gasteiger charge is -2.22. The van der Waals surface area contributed by atoms with Gasteiger partial charge in [0.15, 0.2) is 0 Å². The van der Waals surface area contributed by atoms with Crippen molar-refractivity contribution in [3.63, 3.8) is 0 Å². The highest BCUT2D eigenvalue weighted by molar-refractivity contribution is 6.31. The lowest BCUT2D eigenvalue weighted by Crippen LogP contribution is -2.24. The molecule has 0 aliphatic heterocycles. The largest absolute Gasteiger partial charge is 0.363 e. The van der Waals surface area contributed by atoms with Crippen molar-refractivity contribution in [3.8, 4) is 0 Å². The zero-order chi connectivity index (χ0) is 10.6. The van der Waals surface area contributed by atoms with Gasteiger partial charge in [0.1, 0.15) is 6.73 Å². The standard InChI is InChI=1S/C9H12Cl2FNO/c1-13(12)6-14-5-7-8(10)3-2-4-9(7)11/h2-4,7-8H,5-6H2,1H3. The van der Waals surface area contributed by atoms with Crippen molar-refractivity contribution in [2.75, 3.05) is 20.4 Å². The number of nitrogens with zero attached hydrogens (tertiary/aromatic N) is 1. The molecule has 2 nitrogen and oxygen atoms in total. The number of alkyl halides is 1. The first kappa shape index (κ1) is 12.0. The topological polar surface area (TPSA) is 12.5 Å². The monoisotopic (exact) mass is 239 g/mol. The summed E-state index contributed by atoms with van der Waals surface area (Å²) in [6.07, 6.45) is 5.41. The van der Waals surface area contributed by atoms with Crippen molar-refractivity contribution in [2.24, 2.45) is 5.92 Å². The lowest BCUT2D eigenvalue weighted by atomic mass is 10.0. The van der Waals surface area contributed by atoms with Gasteiger partial charge >= 0.3 is 0 Å². The predicted molar refractivity (Wildman–Crippen MR) is 55.9 cm³/mol. The molecule has 14 heavy (non-hydrogen) atoms. The Balaban J connectivity index is 2.36. The summed E-state index contributed by atoms with van der Waals surface area (Å²) in [5.74, 6) is -0.0803. The van der Waals surface area contributed by atoms with E-state index in [1.165, 1.54) is 7.05 Å². The van der Waals surface area contributed by atoms with Crippen LogP contribution < -0.4 is 0 Å². The highest BCUT2D eigenvalue weighted by Gasteiger charge is 2.22. The highest BCUT2D eigenvalue weighted by Crippen LogP contribution is 2.28. The van der Waals surface area contributed by atoms with E-state index in [9.17, 15) is 4.48 Å². The molecule has 0 saturated heterocycles. The normalized spacial score (nSPS) is 26.8. The maximum absolute atomic E-state index is 12.3. The molecule has 2 atom stereocenters. The maximum Gasteiger partial charge on any atom is 0.127 e. The number of allylic oxidation sites excluding steroid dienone is 3. The zero-order valence-corrected chi connectivity index (χ0v) is 9.30. The van der Waals surface area contributed by atoms with Crippen LogP contribution in [0.5, 0.6) is 0 Å². The van der Waals surface area contributed by atoms with Gasteiger partial charge in [-0.3, -0.25) is 0 Å². The second-order valence-electron chi connectivity index (χ2n) is 3.09. The predicted octanol–water partition coefficient (Wildman–Crippen LogP) is 2.69. The van der Waals surface area contributed by atoms with E-state index in [2.05, 4.69) is 0 Å². The van der Waals surface area contributed by atoms with E-state index in [1.54, 1.807) is 12.2 Å². The summed E-state index contributed by atoms with van der Waals surface area (Å²) in [7, 11) is 1.29. The van der Waals surface area contributed by atoms with Gasteiger partial charge in [-0.1, -0.05) is 23.8 Å². The second kappa shape index (κ2) is 5.71. The fourth-order valence-electron chi connectivity index (χ4n) is 1.14. The van der Waals surface area contributed by atoms with Crippen LogP contribution in [0.25, 0.3) is 0 Å². The Hall–Kier alpha value is -0.0900. The first-order valence-corrected chi connectivity index (χ1v) is 5.05. The van der Waals surface area contributed by atoms with Crippen LogP contribution in [0.3, 0.4) is 0 Å². The summed E-state index contributed by atoms with van der Waals surface area (Å²) in [5, 5.41) is 0.922. The summed E-state index contributed by atoms with van der Waals surface area (Å²) in [4.78, 5) is 0. The van der Waals surface area contributed by atoms with Gasteiger partial charge in [-0.2, -0.15) is 0 Å². The van der Waals surface area contributed by atoms with Crippen LogP contribution in [0.1, 0.15) is 0 Å². The minimum Gasteiger partial charge on any atom is -0.363 e. The SMILES string of the molecule is CN(F)COCC1C(Cl)=CC=CC1Cl. The van der Waals surface area contributed by atoms with Crippen LogP contribution in [0.15, 0.2) is 23.3 Å². The molecule has 1 aliphatic rings. The molecule has 0 N–H and O–H groups in total. The van der Waals surface area contributed by atoms with Crippen molar-refractivity contribution in [3.05, 3.63) is 23.3 Å². The van der Waals surface area contributed by atoms with Gasteiger partial charge in [0.2, 0.25) is 0 Å². The third-order valence-corrected chi connectivity index (χ3v) is 2.71. The molecule has 0 aromatic rings. The van der Waals surface area contributed by atoms with Gasteiger partial charge < -0.3 is 4.74 Å². The van der Waals surface area contributed by atoms with Crippen molar-refractivity contribution >= 4 is 23.2 Å². The number of hydrogen-bond acceptors (Lipinski definition) is 2. The molecule has 5 heteroatoms. The van der Waals surface area contributed by atoms with E-state index >= 15 is 0 Å². The molecule has 0 aromatic carbocycles. The van der Waals surface area contributed by atoms with Crippen molar-refractivity contribution in [1.82, 2.24) is 5.12 Å². The molecule has 1 aliphatic carbocycles. The van der Waals surface area contributed by atoms with Crippen LogP contribution in [0, 0.1) is 5.92 Å². The van der Waals surface area contributed by atoms with Crippen LogP contribution in [-0.2, 0) is 4.74 Å². The first-order valence-electron chi connectivity index (χ1n) is 4.24. The summed E-state index contributed by atoms with van der Waals surface area (Å²) in [6, 6.07) is 0. The minimum absolute atomic E-state index is 0.0754. The average molecular weight is 240 g/mol. The fraction of sp³-hybridized carbons (Fsp3) is 0.556. The van der Waals surface area contributed by atoms with Crippen molar-refractivity contribution in [1.29, 1.82) is 0 Å². The number of rotatable bonds is 4. The lowest BCUT2D eigenvalue weighted by molar-refractivity contribution is -0.0690. The Morgan fingerprint density at radius 3 is 2.93 bits per heavy atom. The molecule has 0 fully saturated rings. The van der Waals surface area contributed by atoms with E-state index in [0.717, 1.165) is 0 Å². The van der Waals surface area contributed by atoms with E-state index in [-0.39, 0.29) is 18.0 Å². The minimum atomic E-state index is -0.183. The van der Waals surface area contributed by atoms with Crippen LogP contribution in [-0.4, -0.2) is 30.9 Å². The third-order valence-electron chi connectivity index (χ3n) is 1.86. The van der Waals surface area contributed by atoms with Gasteiger partial charge in [0.25, 0.3) is 0 Å². The molecular weight excluding hydrogens is 228 g/mol. The zero-order valence-electron chi connectivity index (χ0n) is 7.79. The summed E-state index contributed by atoms with van der Waals surface area (Å²) in [5.41, 5.74) is 0. The molecule has 80 valence electrons. The van der Waals surface area contributed by atoms with E-state index < -0.39 is 0 Å². The van der Waals surface area contributed by atoms with Crippen LogP contribution >= 0.6 is 23.2 Å². The molecule has 0 amide bonds. The van der Waals surface area contributed by atoms with Gasteiger partial charge in [-0.05, 0) is 6.08 Å². The number of halogens is 3. The average Bonchev–Trinajstić information content (AvgIpc) is 2.09. The van der Waals surface area contributed by atoms with E-state index in [0.29, 0.717) is 16.8 Å². The quantitative estimate of drug-likeness (QED) is 0.425. The highest BCUT2D eigenvalue weighted by atomic mass is 35.5. The Bertz CT molecular complexity index is 243. The molecule has 1 rings (SSSR count). The Morgan fingerprint density at radius 2 is 2.36 bits per heavy atom. The second-order valence-corrected chi connectivity index (χ2v) is 4.03. The first-order chi connectivity index (χ1) is 6.61. The Kier molecular flexibility index (Phi) is 4.89. The fourth-order valence-corrected chi connectivity index (χ4v) is 1.77. The van der Waals surface area contributed by atoms with E-state index in [4.69, 9.17) is 27.9 Å². The van der Waals surface area contributed by atoms with Crippen molar-refractivity contribution in [2.45, 2.75) is 5.38 Å². The van der Waals surface area contributed by atoms with Gasteiger partial charge in [0.05, 0.1) is 12.0 Å². The summed E-state index contributed by atoms with van der Waals surface area (Å²) >= 11 is 11.9. The number of hydrogen-bond donors (Lipinski definition) is 0. The van der Waals surface area contributed by atoms with Gasteiger partial charge in [0, 0.05) is 18.0 Å². The molecule has 0 saturated carbocycles. The molecule has 0 aromatic heterocycles. The Morgan fingerprint density at radius 1 is 1.64 bits per heavy atom. The maximum atomic E-state index is 12.3. The van der Waals surface area contributed by atoms with Gasteiger partial charge in [-0.25, -0.2) is 0 Å². The van der Waals surface area contributed by atoms with Gasteiger partial charge in [-0.15, -0.1) is 21.2 Å². The summed E-state index contributed by atoms with van der Waals surface area (Å²) in [6.45, 7) is 0.246. The molecular formula is C9H12Cl2FNO. The number of ether oxygens (including phenoxy) is 1. The van der Waals surface area contributed by atoms with Crippen LogP contribution in [0.2, 0.25) is 0 Å². The van der Waals surface area contributed by atoms with Crippen LogP contribution in [0.4, 0.5) is 4.48 Å². The molecule has 0 spiro atoms. The third kappa shape index (κ3) is 3.58. The molecule has 0 heterocycles. The van der Waals surface area contributed by atoms with Crippen molar-refractivity contribution < 1.29 is 9.22 Å². The molecule has 0 bridgehead atoms. The molecule has 2 unspecified atom stereocenters. The molecule has 0 radical (unpaired) electrons.